The maximum atomic E-state index is 13.1. The Balaban J connectivity index is 0.998. The van der Waals surface area contributed by atoms with E-state index in [0.717, 1.165) is 60.0 Å². The molecule has 0 spiro atoms. The summed E-state index contributed by atoms with van der Waals surface area (Å²) in [6.45, 7) is 9.08. The Bertz CT molecular complexity index is 1660. The highest BCUT2D eigenvalue weighted by Gasteiger charge is 2.29. The quantitative estimate of drug-likeness (QED) is 0.0676. The van der Waals surface area contributed by atoms with Crippen LogP contribution in [0, 0.1) is 6.92 Å². The molecule has 8 nitrogen and oxygen atoms in total. The first-order valence-corrected chi connectivity index (χ1v) is 20.3. The standard InChI is InChI=1S/C41H58N6O2S/c1-4-5-6-7-8-9-10-11-12-13-17-23-38(49)46-27-26-45(30-33(46)3)37(48)22-18-19-28-50-41-42-40-39(43-44-41)35-29-32(2)24-25-36(35)47(40)31-34-20-15-14-16-21-34/h14-16,20-21,24-25,29,33H,4-13,17-19,22-23,26-28,30-31H2,1-3H3. The van der Waals surface area contributed by atoms with Crippen molar-refractivity contribution in [3.05, 3.63) is 59.7 Å². The lowest BCUT2D eigenvalue weighted by Gasteiger charge is -2.40. The third-order valence-corrected chi connectivity index (χ3v) is 11.0. The minimum Gasteiger partial charge on any atom is -0.339 e. The van der Waals surface area contributed by atoms with Gasteiger partial charge in [0.25, 0.3) is 0 Å². The summed E-state index contributed by atoms with van der Waals surface area (Å²) in [5, 5.41) is 10.8. The number of fused-ring (bicyclic) bond motifs is 3. The topological polar surface area (TPSA) is 84.2 Å². The molecule has 1 atom stereocenters. The van der Waals surface area contributed by atoms with Crippen molar-refractivity contribution in [3.8, 4) is 0 Å². The number of benzene rings is 2. The van der Waals surface area contributed by atoms with Crippen LogP contribution in [0.25, 0.3) is 22.1 Å². The summed E-state index contributed by atoms with van der Waals surface area (Å²) in [5.41, 5.74) is 5.20. The van der Waals surface area contributed by atoms with Crippen LogP contribution >= 0.6 is 11.8 Å². The van der Waals surface area contributed by atoms with Gasteiger partial charge in [0.2, 0.25) is 17.0 Å². The lowest BCUT2D eigenvalue weighted by atomic mass is 10.0. The molecule has 9 heteroatoms. The zero-order chi connectivity index (χ0) is 35.1. The monoisotopic (exact) mass is 698 g/mol. The summed E-state index contributed by atoms with van der Waals surface area (Å²) in [6, 6.07) is 17.0. The third-order valence-electron chi connectivity index (χ3n) is 10.1. The maximum absolute atomic E-state index is 13.1. The molecular weight excluding hydrogens is 641 g/mol. The molecule has 4 aromatic rings. The molecule has 1 aliphatic heterocycles. The van der Waals surface area contributed by atoms with Gasteiger partial charge in [-0.1, -0.05) is 125 Å². The summed E-state index contributed by atoms with van der Waals surface area (Å²) in [4.78, 5) is 34.9. The van der Waals surface area contributed by atoms with Crippen LogP contribution in [-0.2, 0) is 16.1 Å². The Hall–Kier alpha value is -3.46. The van der Waals surface area contributed by atoms with Crippen LogP contribution < -0.4 is 0 Å². The summed E-state index contributed by atoms with van der Waals surface area (Å²) in [6.07, 6.45) is 17.0. The number of unbranched alkanes of at least 4 members (excludes halogenated alkanes) is 11. The molecule has 1 saturated heterocycles. The lowest BCUT2D eigenvalue weighted by Crippen LogP contribution is -2.55. The molecular formula is C41H58N6O2S. The van der Waals surface area contributed by atoms with Crippen LogP contribution in [0.1, 0.15) is 121 Å². The molecule has 0 radical (unpaired) electrons. The molecule has 1 unspecified atom stereocenters. The second-order valence-corrected chi connectivity index (χ2v) is 15.3. The smallest absolute Gasteiger partial charge is 0.222 e. The summed E-state index contributed by atoms with van der Waals surface area (Å²) in [7, 11) is 0. The van der Waals surface area contributed by atoms with E-state index in [2.05, 4.69) is 78.0 Å². The number of rotatable bonds is 20. The van der Waals surface area contributed by atoms with Gasteiger partial charge in [-0.15, -0.1) is 10.2 Å². The number of nitrogens with zero attached hydrogens (tertiary/aromatic N) is 6. The first kappa shape index (κ1) is 37.8. The van der Waals surface area contributed by atoms with Crippen molar-refractivity contribution < 1.29 is 9.59 Å². The van der Waals surface area contributed by atoms with Gasteiger partial charge in [0.05, 0.1) is 5.52 Å². The predicted molar refractivity (Wildman–Crippen MR) is 207 cm³/mol. The highest BCUT2D eigenvalue weighted by molar-refractivity contribution is 7.99. The predicted octanol–water partition coefficient (Wildman–Crippen LogP) is 9.36. The molecule has 2 amide bonds. The molecule has 0 saturated carbocycles. The number of aromatic nitrogens is 4. The van der Waals surface area contributed by atoms with Gasteiger partial charge in [-0.25, -0.2) is 4.98 Å². The summed E-state index contributed by atoms with van der Waals surface area (Å²) in [5.74, 6) is 1.28. The number of hydrogen-bond donors (Lipinski definition) is 0. The maximum Gasteiger partial charge on any atom is 0.222 e. The highest BCUT2D eigenvalue weighted by Crippen LogP contribution is 2.29. The Morgan fingerprint density at radius 3 is 2.20 bits per heavy atom. The Kier molecular flexibility index (Phi) is 15.0. The molecule has 3 heterocycles. The van der Waals surface area contributed by atoms with Crippen molar-refractivity contribution in [2.45, 2.75) is 135 Å². The first-order valence-electron chi connectivity index (χ1n) is 19.3. The molecule has 0 aliphatic carbocycles. The van der Waals surface area contributed by atoms with Gasteiger partial charge in [-0.2, -0.15) is 0 Å². The molecule has 5 rings (SSSR count). The van der Waals surface area contributed by atoms with Crippen molar-refractivity contribution in [2.75, 3.05) is 25.4 Å². The third kappa shape index (κ3) is 10.8. The van der Waals surface area contributed by atoms with Gasteiger partial charge in [0.15, 0.2) is 5.65 Å². The van der Waals surface area contributed by atoms with Crippen LogP contribution in [0.2, 0.25) is 0 Å². The van der Waals surface area contributed by atoms with Crippen molar-refractivity contribution in [1.29, 1.82) is 0 Å². The van der Waals surface area contributed by atoms with Crippen LogP contribution in [0.3, 0.4) is 0 Å². The van der Waals surface area contributed by atoms with Crippen molar-refractivity contribution in [3.63, 3.8) is 0 Å². The fraction of sp³-hybridized carbons (Fsp3) is 0.585. The lowest BCUT2D eigenvalue weighted by molar-refractivity contribution is -0.142. The largest absolute Gasteiger partial charge is 0.339 e. The number of thioether (sulfide) groups is 1. The Labute approximate surface area is 303 Å². The van der Waals surface area contributed by atoms with Crippen molar-refractivity contribution in [2.24, 2.45) is 0 Å². The van der Waals surface area contributed by atoms with E-state index in [1.807, 2.05) is 15.9 Å². The second-order valence-electron chi connectivity index (χ2n) is 14.2. The fourth-order valence-electron chi connectivity index (χ4n) is 7.18. The molecule has 0 N–H and O–H groups in total. The molecule has 2 aromatic heterocycles. The van der Waals surface area contributed by atoms with Crippen LogP contribution in [0.4, 0.5) is 0 Å². The van der Waals surface area contributed by atoms with Crippen molar-refractivity contribution in [1.82, 2.24) is 29.5 Å². The van der Waals surface area contributed by atoms with Crippen LogP contribution in [-0.4, -0.2) is 72.8 Å². The van der Waals surface area contributed by atoms with E-state index in [9.17, 15) is 9.59 Å². The minimum atomic E-state index is 0.0735. The molecule has 0 bridgehead atoms. The number of hydrogen-bond acceptors (Lipinski definition) is 6. The van der Waals surface area contributed by atoms with E-state index in [1.165, 1.54) is 68.9 Å². The van der Waals surface area contributed by atoms with E-state index >= 15 is 0 Å². The number of carbonyl (C=O) groups excluding carboxylic acids is 2. The normalized spacial score (nSPS) is 15.0. The molecule has 1 fully saturated rings. The number of amides is 2. The van der Waals surface area contributed by atoms with Gasteiger partial charge in [0, 0.05) is 56.2 Å². The van der Waals surface area contributed by atoms with Crippen molar-refractivity contribution >= 4 is 45.6 Å². The fourth-order valence-corrected chi connectivity index (χ4v) is 7.96. The minimum absolute atomic E-state index is 0.0735. The average Bonchev–Trinajstić information content (AvgIpc) is 3.41. The Morgan fingerprint density at radius 2 is 1.48 bits per heavy atom. The van der Waals surface area contributed by atoms with E-state index in [-0.39, 0.29) is 17.9 Å². The average molecular weight is 699 g/mol. The zero-order valence-electron chi connectivity index (χ0n) is 30.7. The van der Waals surface area contributed by atoms with Crippen LogP contribution in [0.15, 0.2) is 53.7 Å². The van der Waals surface area contributed by atoms with Gasteiger partial charge < -0.3 is 14.4 Å². The van der Waals surface area contributed by atoms with Crippen LogP contribution in [0.5, 0.6) is 0 Å². The molecule has 270 valence electrons. The Morgan fingerprint density at radius 1 is 0.800 bits per heavy atom. The molecule has 50 heavy (non-hydrogen) atoms. The van der Waals surface area contributed by atoms with E-state index in [0.29, 0.717) is 37.6 Å². The van der Waals surface area contributed by atoms with Gasteiger partial charge in [-0.3, -0.25) is 9.59 Å². The number of piperazine rings is 1. The SMILES string of the molecule is CCCCCCCCCCCCCC(=O)N1CCN(C(=O)CCCCSc2nnc3c4cc(C)ccc4n(Cc4ccccc4)c3n2)CC1C. The van der Waals surface area contributed by atoms with Gasteiger partial charge >= 0.3 is 0 Å². The van der Waals surface area contributed by atoms with Gasteiger partial charge in [-0.05, 0) is 50.8 Å². The number of aryl methyl sites for hydroxylation is 1. The van der Waals surface area contributed by atoms with Gasteiger partial charge in [0.1, 0.15) is 5.52 Å². The zero-order valence-corrected chi connectivity index (χ0v) is 31.6. The highest BCUT2D eigenvalue weighted by atomic mass is 32.2. The number of carbonyl (C=O) groups is 2. The summed E-state index contributed by atoms with van der Waals surface area (Å²) >= 11 is 1.60. The first-order chi connectivity index (χ1) is 24.4. The van der Waals surface area contributed by atoms with E-state index in [1.54, 1.807) is 11.8 Å². The summed E-state index contributed by atoms with van der Waals surface area (Å²) < 4.78 is 2.24. The van der Waals surface area contributed by atoms with E-state index < -0.39 is 0 Å². The second kappa shape index (κ2) is 19.8. The van der Waals surface area contributed by atoms with E-state index in [4.69, 9.17) is 4.98 Å². The molecule has 1 aliphatic rings. The molecule has 2 aromatic carbocycles.